The molecule has 0 radical (unpaired) electrons. The second kappa shape index (κ2) is 9.07. The zero-order chi connectivity index (χ0) is 23.5. The first-order valence-corrected chi connectivity index (χ1v) is 10.4. The molecule has 32 heavy (non-hydrogen) atoms. The van der Waals surface area contributed by atoms with Crippen LogP contribution in [0.4, 0.5) is 21.7 Å². The van der Waals surface area contributed by atoms with Gasteiger partial charge >= 0.3 is 0 Å². The number of nitrogens with zero attached hydrogens (tertiary/aromatic N) is 4. The summed E-state index contributed by atoms with van der Waals surface area (Å²) in [7, 11) is 0. The summed E-state index contributed by atoms with van der Waals surface area (Å²) in [6.07, 6.45) is 3.22. The third kappa shape index (κ3) is 6.13. The molecule has 0 aliphatic heterocycles. The lowest BCUT2D eigenvalue weighted by atomic mass is 9.96. The molecule has 0 spiro atoms. The Labute approximate surface area is 186 Å². The van der Waals surface area contributed by atoms with Crippen molar-refractivity contribution in [1.82, 2.24) is 24.9 Å². The minimum absolute atomic E-state index is 0.0381. The molecule has 0 saturated heterocycles. The number of aromatic nitrogens is 4. The summed E-state index contributed by atoms with van der Waals surface area (Å²) >= 11 is 0. The highest BCUT2D eigenvalue weighted by Crippen LogP contribution is 2.23. The number of amides is 1. The lowest BCUT2D eigenvalue weighted by molar-refractivity contribution is -0.00177. The van der Waals surface area contributed by atoms with E-state index in [0.717, 1.165) is 5.65 Å². The summed E-state index contributed by atoms with van der Waals surface area (Å²) in [4.78, 5) is 21.2. The average molecular weight is 444 g/mol. The minimum atomic E-state index is -1.60. The maximum absolute atomic E-state index is 14.1. The van der Waals surface area contributed by atoms with E-state index in [1.54, 1.807) is 29.0 Å². The lowest BCUT2D eigenvalue weighted by Gasteiger charge is -2.23. The van der Waals surface area contributed by atoms with Gasteiger partial charge in [-0.2, -0.15) is 0 Å². The highest BCUT2D eigenvalue weighted by molar-refractivity contribution is 5.99. The highest BCUT2D eigenvalue weighted by Gasteiger charge is 2.27. The number of carbonyl (C=O) groups excluding carboxylic acids is 1. The maximum atomic E-state index is 14.1. The molecule has 10 heteroatoms. The van der Waals surface area contributed by atoms with Gasteiger partial charge in [0.2, 0.25) is 0 Å². The van der Waals surface area contributed by atoms with E-state index in [1.807, 2.05) is 6.07 Å². The van der Waals surface area contributed by atoms with Crippen molar-refractivity contribution in [3.8, 4) is 0 Å². The van der Waals surface area contributed by atoms with Crippen LogP contribution in [0, 0.1) is 5.41 Å². The minimum Gasteiger partial charge on any atom is -0.387 e. The van der Waals surface area contributed by atoms with Gasteiger partial charge in [0.05, 0.1) is 23.4 Å². The zero-order valence-electron chi connectivity index (χ0n) is 19.0. The molecule has 1 atom stereocenters. The van der Waals surface area contributed by atoms with E-state index in [0.29, 0.717) is 23.9 Å². The van der Waals surface area contributed by atoms with E-state index in [1.165, 1.54) is 20.0 Å². The SMILES string of the molecule is CC(C)(C)CNc1cc(Nc2ccc3nccn3n2)ncc1C(=O)NCC(F)C(C)(C)O. The number of rotatable bonds is 8. The number of aliphatic hydroxyl groups is 1. The summed E-state index contributed by atoms with van der Waals surface area (Å²) in [6.45, 7) is 9.22. The molecule has 1 unspecified atom stereocenters. The molecular formula is C22H30FN7O2. The molecule has 0 aromatic carbocycles. The topological polar surface area (TPSA) is 116 Å². The number of nitrogens with one attached hydrogen (secondary N) is 3. The van der Waals surface area contributed by atoms with Gasteiger partial charge < -0.3 is 21.1 Å². The first-order chi connectivity index (χ1) is 14.9. The largest absolute Gasteiger partial charge is 0.387 e. The van der Waals surface area contributed by atoms with Crippen molar-refractivity contribution in [2.75, 3.05) is 23.7 Å². The van der Waals surface area contributed by atoms with Crippen LogP contribution >= 0.6 is 0 Å². The Morgan fingerprint density at radius 1 is 1.19 bits per heavy atom. The number of carbonyl (C=O) groups is 1. The van der Waals surface area contributed by atoms with Crippen molar-refractivity contribution in [3.05, 3.63) is 42.4 Å². The number of alkyl halides is 1. The van der Waals surface area contributed by atoms with Gasteiger partial charge in [-0.05, 0) is 31.4 Å². The molecular weight excluding hydrogens is 413 g/mol. The van der Waals surface area contributed by atoms with Gasteiger partial charge in [0.1, 0.15) is 12.0 Å². The first-order valence-electron chi connectivity index (χ1n) is 10.4. The normalized spacial score (nSPS) is 13.1. The van der Waals surface area contributed by atoms with Gasteiger partial charge in [0, 0.05) is 31.2 Å². The molecule has 172 valence electrons. The Balaban J connectivity index is 1.81. The molecule has 0 aliphatic rings. The molecule has 0 fully saturated rings. The second-order valence-corrected chi connectivity index (χ2v) is 9.43. The number of imidazole rings is 1. The Morgan fingerprint density at radius 2 is 1.94 bits per heavy atom. The van der Waals surface area contributed by atoms with Crippen molar-refractivity contribution in [1.29, 1.82) is 0 Å². The Kier molecular flexibility index (Phi) is 6.63. The summed E-state index contributed by atoms with van der Waals surface area (Å²) in [5.41, 5.74) is -0.0298. The van der Waals surface area contributed by atoms with Gasteiger partial charge in [-0.15, -0.1) is 5.10 Å². The standard InChI is InChI=1S/C22H30FN7O2/c1-21(2,3)13-27-15-10-18(28-17-6-7-19-24-8-9-30(19)29-17)25-11-14(15)20(31)26-12-16(23)22(4,5)32/h6-11,16,32H,12-13H2,1-5H3,(H,26,31)(H2,25,27,28,29). The molecule has 3 heterocycles. The zero-order valence-corrected chi connectivity index (χ0v) is 19.0. The van der Waals surface area contributed by atoms with Crippen LogP contribution in [0.25, 0.3) is 5.65 Å². The van der Waals surface area contributed by atoms with Crippen LogP contribution < -0.4 is 16.0 Å². The van der Waals surface area contributed by atoms with Crippen LogP contribution in [0.2, 0.25) is 0 Å². The quantitative estimate of drug-likeness (QED) is 0.422. The van der Waals surface area contributed by atoms with Gasteiger partial charge in [-0.1, -0.05) is 20.8 Å². The van der Waals surface area contributed by atoms with Crippen molar-refractivity contribution in [3.63, 3.8) is 0 Å². The van der Waals surface area contributed by atoms with Crippen LogP contribution in [0.15, 0.2) is 36.8 Å². The fraction of sp³-hybridized carbons (Fsp3) is 0.455. The van der Waals surface area contributed by atoms with Gasteiger partial charge in [0.25, 0.3) is 5.91 Å². The van der Waals surface area contributed by atoms with Crippen molar-refractivity contribution < 1.29 is 14.3 Å². The molecule has 3 rings (SSSR count). The number of hydrogen-bond donors (Lipinski definition) is 4. The molecule has 3 aromatic rings. The molecule has 4 N–H and O–H groups in total. The molecule has 0 aliphatic carbocycles. The monoisotopic (exact) mass is 443 g/mol. The molecule has 0 saturated carbocycles. The summed E-state index contributed by atoms with van der Waals surface area (Å²) < 4.78 is 15.7. The fourth-order valence-corrected chi connectivity index (χ4v) is 2.75. The van der Waals surface area contributed by atoms with Crippen LogP contribution in [0.1, 0.15) is 45.0 Å². The third-order valence-electron chi connectivity index (χ3n) is 4.68. The fourth-order valence-electron chi connectivity index (χ4n) is 2.75. The van der Waals surface area contributed by atoms with Crippen LogP contribution in [-0.2, 0) is 0 Å². The van der Waals surface area contributed by atoms with E-state index in [2.05, 4.69) is 51.8 Å². The second-order valence-electron chi connectivity index (χ2n) is 9.43. The van der Waals surface area contributed by atoms with Crippen molar-refractivity contribution in [2.45, 2.75) is 46.4 Å². The van der Waals surface area contributed by atoms with Crippen LogP contribution in [0.3, 0.4) is 0 Å². The Bertz CT molecular complexity index is 1090. The van der Waals surface area contributed by atoms with Gasteiger partial charge in [0.15, 0.2) is 11.5 Å². The number of hydrogen-bond acceptors (Lipinski definition) is 7. The molecule has 9 nitrogen and oxygen atoms in total. The van der Waals surface area contributed by atoms with E-state index in [9.17, 15) is 14.3 Å². The van der Waals surface area contributed by atoms with E-state index < -0.39 is 17.7 Å². The van der Waals surface area contributed by atoms with Gasteiger partial charge in [-0.25, -0.2) is 18.9 Å². The van der Waals surface area contributed by atoms with Crippen LogP contribution in [-0.4, -0.2) is 55.5 Å². The lowest BCUT2D eigenvalue weighted by Crippen LogP contribution is -2.42. The predicted molar refractivity (Wildman–Crippen MR) is 122 cm³/mol. The summed E-state index contributed by atoms with van der Waals surface area (Å²) in [5, 5.41) is 23.1. The Morgan fingerprint density at radius 3 is 2.62 bits per heavy atom. The number of fused-ring (bicyclic) bond motifs is 1. The van der Waals surface area contributed by atoms with E-state index in [4.69, 9.17) is 0 Å². The number of pyridine rings is 1. The predicted octanol–water partition coefficient (Wildman–Crippen LogP) is 3.16. The number of halogens is 1. The average Bonchev–Trinajstić information content (AvgIpc) is 3.17. The molecule has 0 bridgehead atoms. The highest BCUT2D eigenvalue weighted by atomic mass is 19.1. The van der Waals surface area contributed by atoms with Crippen LogP contribution in [0.5, 0.6) is 0 Å². The third-order valence-corrected chi connectivity index (χ3v) is 4.68. The smallest absolute Gasteiger partial charge is 0.255 e. The summed E-state index contributed by atoms with van der Waals surface area (Å²) in [6, 6.07) is 5.32. The van der Waals surface area contributed by atoms with E-state index >= 15 is 0 Å². The van der Waals surface area contributed by atoms with E-state index in [-0.39, 0.29) is 17.5 Å². The first kappa shape index (κ1) is 23.4. The van der Waals surface area contributed by atoms with Gasteiger partial charge in [-0.3, -0.25) is 4.79 Å². The molecule has 1 amide bonds. The maximum Gasteiger partial charge on any atom is 0.255 e. The molecule has 3 aromatic heterocycles. The number of anilines is 3. The van der Waals surface area contributed by atoms with Crippen molar-refractivity contribution >= 4 is 28.9 Å². The Hall–Kier alpha value is -3.27. The van der Waals surface area contributed by atoms with Crippen molar-refractivity contribution in [2.24, 2.45) is 5.41 Å². The summed E-state index contributed by atoms with van der Waals surface area (Å²) in [5.74, 6) is 0.572.